The first-order valence-electron chi connectivity index (χ1n) is 8.90. The van der Waals surface area contributed by atoms with Crippen molar-refractivity contribution >= 4 is 11.9 Å². The summed E-state index contributed by atoms with van der Waals surface area (Å²) in [4.78, 5) is 23.1. The van der Waals surface area contributed by atoms with Crippen LogP contribution in [-0.4, -0.2) is 49.7 Å². The highest BCUT2D eigenvalue weighted by atomic mass is 16.2. The molecule has 1 aliphatic heterocycles. The van der Waals surface area contributed by atoms with Gasteiger partial charge in [0, 0.05) is 56.0 Å². The van der Waals surface area contributed by atoms with Gasteiger partial charge in [-0.15, -0.1) is 0 Å². The molecule has 0 radical (unpaired) electrons. The summed E-state index contributed by atoms with van der Waals surface area (Å²) < 4.78 is 1.87. The van der Waals surface area contributed by atoms with Gasteiger partial charge in [0.1, 0.15) is 0 Å². The fourth-order valence-electron chi connectivity index (χ4n) is 3.65. The third-order valence-corrected chi connectivity index (χ3v) is 5.20. The molecule has 3 heterocycles. The van der Waals surface area contributed by atoms with E-state index in [1.54, 1.807) is 6.20 Å². The van der Waals surface area contributed by atoms with Crippen LogP contribution in [0.3, 0.4) is 0 Å². The van der Waals surface area contributed by atoms with E-state index >= 15 is 0 Å². The number of nitrogens with one attached hydrogen (secondary N) is 1. The highest BCUT2D eigenvalue weighted by Crippen LogP contribution is 2.32. The minimum absolute atomic E-state index is 0.297. The number of hydrogen-bond donors (Lipinski definition) is 1. The van der Waals surface area contributed by atoms with Crippen LogP contribution in [0.2, 0.25) is 0 Å². The molecule has 7 heteroatoms. The lowest BCUT2D eigenvalue weighted by Crippen LogP contribution is -2.28. The molecule has 2 aromatic rings. The van der Waals surface area contributed by atoms with Gasteiger partial charge >= 0.3 is 0 Å². The molecule has 1 saturated carbocycles. The number of aromatic nitrogens is 4. The highest BCUT2D eigenvalue weighted by molar-refractivity contribution is 5.79. The molecule has 1 N–H and O–H groups in total. The second kappa shape index (κ2) is 6.13. The van der Waals surface area contributed by atoms with Crippen molar-refractivity contribution in [3.63, 3.8) is 0 Å². The van der Waals surface area contributed by atoms with Gasteiger partial charge in [-0.3, -0.25) is 9.48 Å². The molecule has 1 atom stereocenters. The summed E-state index contributed by atoms with van der Waals surface area (Å²) in [7, 11) is 1.94. The number of likely N-dealkylation sites (tertiary alicyclic amines) is 1. The molecule has 1 saturated heterocycles. The predicted molar refractivity (Wildman–Crippen MR) is 95.0 cm³/mol. The summed E-state index contributed by atoms with van der Waals surface area (Å²) >= 11 is 0. The Balaban J connectivity index is 1.44. The Morgan fingerprint density at radius 1 is 1.32 bits per heavy atom. The lowest BCUT2D eigenvalue weighted by molar-refractivity contribution is -0.128. The Labute approximate surface area is 147 Å². The summed E-state index contributed by atoms with van der Waals surface area (Å²) in [6.45, 7) is 5.62. The van der Waals surface area contributed by atoms with Crippen molar-refractivity contribution < 1.29 is 4.79 Å². The first-order valence-corrected chi connectivity index (χ1v) is 8.90. The van der Waals surface area contributed by atoms with Crippen molar-refractivity contribution in [2.75, 3.05) is 18.4 Å². The molecule has 2 aromatic heterocycles. The van der Waals surface area contributed by atoms with Gasteiger partial charge < -0.3 is 10.2 Å². The maximum Gasteiger partial charge on any atom is 0.223 e. The topological polar surface area (TPSA) is 75.9 Å². The largest absolute Gasteiger partial charge is 0.354 e. The molecule has 0 aromatic carbocycles. The van der Waals surface area contributed by atoms with Crippen LogP contribution in [0, 0.1) is 19.8 Å². The van der Waals surface area contributed by atoms with Crippen LogP contribution < -0.4 is 5.32 Å². The summed E-state index contributed by atoms with van der Waals surface area (Å²) in [5.74, 6) is 1.24. The predicted octanol–water partition coefficient (Wildman–Crippen LogP) is 1.92. The van der Waals surface area contributed by atoms with Crippen LogP contribution in [0.25, 0.3) is 11.3 Å². The third-order valence-electron chi connectivity index (χ3n) is 5.20. The van der Waals surface area contributed by atoms with Gasteiger partial charge in [-0.05, 0) is 32.8 Å². The molecule has 1 aliphatic carbocycles. The summed E-state index contributed by atoms with van der Waals surface area (Å²) in [6.07, 6.45) is 4.73. The second-order valence-electron chi connectivity index (χ2n) is 7.16. The molecule has 0 spiro atoms. The van der Waals surface area contributed by atoms with E-state index in [-0.39, 0.29) is 0 Å². The van der Waals surface area contributed by atoms with Crippen molar-refractivity contribution in [2.24, 2.45) is 13.0 Å². The van der Waals surface area contributed by atoms with E-state index in [1.165, 1.54) is 12.8 Å². The zero-order valence-electron chi connectivity index (χ0n) is 15.0. The van der Waals surface area contributed by atoms with Crippen LogP contribution in [0.4, 0.5) is 5.95 Å². The van der Waals surface area contributed by atoms with Gasteiger partial charge in [-0.1, -0.05) is 0 Å². The number of rotatable bonds is 5. The fourth-order valence-corrected chi connectivity index (χ4v) is 3.65. The van der Waals surface area contributed by atoms with E-state index < -0.39 is 0 Å². The Hall–Kier alpha value is -2.44. The lowest BCUT2D eigenvalue weighted by atomic mass is 10.1. The molecule has 25 heavy (non-hydrogen) atoms. The van der Waals surface area contributed by atoms with E-state index in [4.69, 9.17) is 0 Å². The van der Waals surface area contributed by atoms with Gasteiger partial charge in [0.05, 0.1) is 11.4 Å². The smallest absolute Gasteiger partial charge is 0.223 e. The molecule has 132 valence electrons. The molecule has 1 amide bonds. The van der Waals surface area contributed by atoms with Crippen LogP contribution in [-0.2, 0) is 11.8 Å². The molecule has 7 nitrogen and oxygen atoms in total. The fraction of sp³-hybridized carbons (Fsp3) is 0.556. The Kier molecular flexibility index (Phi) is 3.94. The van der Waals surface area contributed by atoms with Crippen molar-refractivity contribution in [3.05, 3.63) is 23.7 Å². The van der Waals surface area contributed by atoms with Gasteiger partial charge in [-0.2, -0.15) is 5.10 Å². The number of carbonyl (C=O) groups excluding carboxylic acids is 1. The van der Waals surface area contributed by atoms with Crippen LogP contribution in [0.1, 0.15) is 30.7 Å². The summed E-state index contributed by atoms with van der Waals surface area (Å²) in [6, 6.07) is 2.42. The van der Waals surface area contributed by atoms with Gasteiger partial charge in [0.2, 0.25) is 11.9 Å². The van der Waals surface area contributed by atoms with Crippen LogP contribution in [0.5, 0.6) is 0 Å². The highest BCUT2D eigenvalue weighted by Gasteiger charge is 2.39. The number of aryl methyl sites for hydroxylation is 2. The van der Waals surface area contributed by atoms with Crippen LogP contribution >= 0.6 is 0 Å². The normalized spacial score (nSPS) is 20.4. The van der Waals surface area contributed by atoms with Gasteiger partial charge in [0.25, 0.3) is 0 Å². The van der Waals surface area contributed by atoms with Gasteiger partial charge in [0.15, 0.2) is 0 Å². The maximum atomic E-state index is 12.1. The average Bonchev–Trinajstić information content (AvgIpc) is 3.31. The first-order chi connectivity index (χ1) is 12.0. The first kappa shape index (κ1) is 16.1. The summed E-state index contributed by atoms with van der Waals surface area (Å²) in [5.41, 5.74) is 3.99. The monoisotopic (exact) mass is 340 g/mol. The molecular formula is C18H24N6O. The van der Waals surface area contributed by atoms with Crippen molar-refractivity contribution in [1.29, 1.82) is 0 Å². The molecule has 0 unspecified atom stereocenters. The van der Waals surface area contributed by atoms with E-state index in [0.29, 0.717) is 30.2 Å². The van der Waals surface area contributed by atoms with E-state index in [0.717, 1.165) is 35.7 Å². The van der Waals surface area contributed by atoms with Crippen molar-refractivity contribution in [1.82, 2.24) is 24.6 Å². The molecule has 2 fully saturated rings. The van der Waals surface area contributed by atoms with E-state index in [9.17, 15) is 4.79 Å². The van der Waals surface area contributed by atoms with E-state index in [1.807, 2.05) is 36.5 Å². The van der Waals surface area contributed by atoms with Crippen molar-refractivity contribution in [3.8, 4) is 11.3 Å². The maximum absolute atomic E-state index is 12.1. The lowest BCUT2D eigenvalue weighted by Gasteiger charge is -2.15. The molecule has 4 rings (SSSR count). The summed E-state index contributed by atoms with van der Waals surface area (Å²) in [5, 5.41) is 7.77. The standard InChI is InChI=1S/C18H24N6O/c1-11-17(12(2)23(3)22-11)15-6-7-19-18(21-15)20-9-13-8-16(25)24(10-13)14-4-5-14/h6-7,13-14H,4-5,8-10H2,1-3H3,(H,19,20,21)/t13-/m1/s1. The van der Waals surface area contributed by atoms with Gasteiger partial charge in [-0.25, -0.2) is 9.97 Å². The van der Waals surface area contributed by atoms with Crippen molar-refractivity contribution in [2.45, 2.75) is 39.2 Å². The zero-order chi connectivity index (χ0) is 17.6. The second-order valence-corrected chi connectivity index (χ2v) is 7.16. The Bertz CT molecular complexity index is 810. The minimum atomic E-state index is 0.297. The Morgan fingerprint density at radius 2 is 2.12 bits per heavy atom. The Morgan fingerprint density at radius 3 is 2.80 bits per heavy atom. The zero-order valence-corrected chi connectivity index (χ0v) is 15.0. The molecule has 2 aliphatic rings. The average molecular weight is 340 g/mol. The molecule has 0 bridgehead atoms. The number of carbonyl (C=O) groups is 1. The number of nitrogens with zero attached hydrogens (tertiary/aromatic N) is 5. The molecular weight excluding hydrogens is 316 g/mol. The quantitative estimate of drug-likeness (QED) is 0.900. The minimum Gasteiger partial charge on any atom is -0.354 e. The number of anilines is 1. The number of amides is 1. The third kappa shape index (κ3) is 3.10. The van der Waals surface area contributed by atoms with E-state index in [2.05, 4.69) is 20.4 Å². The SMILES string of the molecule is Cc1nn(C)c(C)c1-c1ccnc(NC[C@H]2CC(=O)N(C3CC3)C2)n1. The number of hydrogen-bond acceptors (Lipinski definition) is 5. The van der Waals surface area contributed by atoms with Crippen LogP contribution in [0.15, 0.2) is 12.3 Å².